The van der Waals surface area contributed by atoms with Crippen molar-refractivity contribution >= 4 is 35.1 Å². The first-order valence-corrected chi connectivity index (χ1v) is 6.67. The van der Waals surface area contributed by atoms with Gasteiger partial charge in [-0.05, 0) is 23.6 Å². The van der Waals surface area contributed by atoms with Crippen LogP contribution in [0.3, 0.4) is 0 Å². The molecule has 0 unspecified atom stereocenters. The Bertz CT molecular complexity index is 642. The summed E-state index contributed by atoms with van der Waals surface area (Å²) in [5.74, 6) is -3.31. The SMILES string of the molecule is CC1(C)[C@@H](C(=O)O)[C@@H]1C(=O)Nc1ccc(C(N)=O)c(Cl)c1. The Kier molecular flexibility index (Phi) is 3.67. The molecule has 112 valence electrons. The van der Waals surface area contributed by atoms with Gasteiger partial charge in [0.2, 0.25) is 11.8 Å². The first kappa shape index (κ1) is 15.3. The number of halogens is 1. The molecule has 1 aliphatic carbocycles. The highest BCUT2D eigenvalue weighted by Gasteiger charge is 2.65. The van der Waals surface area contributed by atoms with Crippen LogP contribution in [0.25, 0.3) is 0 Å². The lowest BCUT2D eigenvalue weighted by Crippen LogP contribution is -2.18. The summed E-state index contributed by atoms with van der Waals surface area (Å²) in [5, 5.41) is 11.8. The fourth-order valence-electron chi connectivity index (χ4n) is 2.60. The molecule has 0 saturated heterocycles. The Morgan fingerprint density at radius 1 is 1.29 bits per heavy atom. The lowest BCUT2D eigenvalue weighted by atomic mass is 10.1. The van der Waals surface area contributed by atoms with Crippen molar-refractivity contribution in [3.05, 3.63) is 28.8 Å². The van der Waals surface area contributed by atoms with Crippen LogP contribution in [0, 0.1) is 17.3 Å². The third-order valence-corrected chi connectivity index (χ3v) is 4.19. The number of hydrogen-bond acceptors (Lipinski definition) is 3. The second-order valence-corrected chi connectivity index (χ2v) is 6.07. The number of carboxylic acid groups (broad SMARTS) is 1. The monoisotopic (exact) mass is 310 g/mol. The van der Waals surface area contributed by atoms with E-state index >= 15 is 0 Å². The molecule has 0 aliphatic heterocycles. The highest BCUT2D eigenvalue weighted by atomic mass is 35.5. The molecule has 0 bridgehead atoms. The summed E-state index contributed by atoms with van der Waals surface area (Å²) in [4.78, 5) is 34.3. The summed E-state index contributed by atoms with van der Waals surface area (Å²) in [5.41, 5.74) is 5.11. The number of aliphatic carboxylic acids is 1. The van der Waals surface area contributed by atoms with Gasteiger partial charge in [-0.15, -0.1) is 0 Å². The van der Waals surface area contributed by atoms with Gasteiger partial charge >= 0.3 is 5.97 Å². The highest BCUT2D eigenvalue weighted by Crippen LogP contribution is 2.58. The number of benzene rings is 1. The van der Waals surface area contributed by atoms with Crippen molar-refractivity contribution < 1.29 is 19.5 Å². The minimum Gasteiger partial charge on any atom is -0.481 e. The van der Waals surface area contributed by atoms with E-state index in [-0.39, 0.29) is 16.5 Å². The zero-order valence-corrected chi connectivity index (χ0v) is 12.3. The topological polar surface area (TPSA) is 109 Å². The van der Waals surface area contributed by atoms with E-state index in [1.165, 1.54) is 18.2 Å². The molecule has 4 N–H and O–H groups in total. The van der Waals surface area contributed by atoms with Crippen molar-refractivity contribution in [2.24, 2.45) is 23.0 Å². The summed E-state index contributed by atoms with van der Waals surface area (Å²) >= 11 is 5.89. The van der Waals surface area contributed by atoms with Crippen molar-refractivity contribution in [2.75, 3.05) is 5.32 Å². The molecule has 2 rings (SSSR count). The van der Waals surface area contributed by atoms with E-state index in [4.69, 9.17) is 22.4 Å². The molecule has 1 aromatic rings. The highest BCUT2D eigenvalue weighted by molar-refractivity contribution is 6.34. The molecule has 1 fully saturated rings. The number of primary amides is 1. The van der Waals surface area contributed by atoms with Crippen LogP contribution in [0.4, 0.5) is 5.69 Å². The van der Waals surface area contributed by atoms with Gasteiger partial charge in [0.05, 0.1) is 22.4 Å². The first-order valence-electron chi connectivity index (χ1n) is 6.29. The van der Waals surface area contributed by atoms with Crippen LogP contribution >= 0.6 is 11.6 Å². The molecule has 7 heteroatoms. The van der Waals surface area contributed by atoms with Crippen molar-refractivity contribution in [2.45, 2.75) is 13.8 Å². The third-order valence-electron chi connectivity index (χ3n) is 3.88. The number of carbonyl (C=O) groups is 3. The van der Waals surface area contributed by atoms with Crippen LogP contribution in [0.2, 0.25) is 5.02 Å². The fourth-order valence-corrected chi connectivity index (χ4v) is 2.87. The first-order chi connectivity index (χ1) is 9.66. The van der Waals surface area contributed by atoms with Crippen molar-refractivity contribution in [3.63, 3.8) is 0 Å². The molecule has 0 aromatic heterocycles. The molecule has 1 aliphatic rings. The number of rotatable bonds is 4. The Hall–Kier alpha value is -2.08. The normalized spacial score (nSPS) is 22.4. The predicted octanol–water partition coefficient (Wildman–Crippen LogP) is 1.73. The number of carbonyl (C=O) groups excluding carboxylic acids is 2. The molecular weight excluding hydrogens is 296 g/mol. The maximum absolute atomic E-state index is 12.1. The van der Waals surface area contributed by atoms with Crippen LogP contribution in [0.5, 0.6) is 0 Å². The second-order valence-electron chi connectivity index (χ2n) is 5.66. The number of hydrogen-bond donors (Lipinski definition) is 3. The van der Waals surface area contributed by atoms with E-state index in [0.717, 1.165) is 0 Å². The fraction of sp³-hybridized carbons (Fsp3) is 0.357. The predicted molar refractivity (Wildman–Crippen MR) is 77.0 cm³/mol. The molecular formula is C14H15ClN2O4. The quantitative estimate of drug-likeness (QED) is 0.786. The smallest absolute Gasteiger partial charge is 0.307 e. The number of amides is 2. The van der Waals surface area contributed by atoms with Crippen LogP contribution in [-0.2, 0) is 9.59 Å². The Morgan fingerprint density at radius 3 is 2.33 bits per heavy atom. The van der Waals surface area contributed by atoms with Gasteiger partial charge in [0.15, 0.2) is 0 Å². The largest absolute Gasteiger partial charge is 0.481 e. The van der Waals surface area contributed by atoms with Crippen LogP contribution in [-0.4, -0.2) is 22.9 Å². The van der Waals surface area contributed by atoms with Gasteiger partial charge in [-0.25, -0.2) is 0 Å². The van der Waals surface area contributed by atoms with Gasteiger partial charge in [0, 0.05) is 5.69 Å². The van der Waals surface area contributed by atoms with Gasteiger partial charge in [-0.1, -0.05) is 25.4 Å². The number of carboxylic acids is 1. The molecule has 0 spiro atoms. The van der Waals surface area contributed by atoms with Crippen LogP contribution in [0.1, 0.15) is 24.2 Å². The van der Waals surface area contributed by atoms with Crippen LogP contribution < -0.4 is 11.1 Å². The summed E-state index contributed by atoms with van der Waals surface area (Å²) in [6.45, 7) is 3.47. The van der Waals surface area contributed by atoms with E-state index < -0.39 is 29.1 Å². The summed E-state index contributed by atoms with van der Waals surface area (Å²) in [6.07, 6.45) is 0. The molecule has 0 heterocycles. The minimum atomic E-state index is -0.984. The second kappa shape index (κ2) is 5.04. The van der Waals surface area contributed by atoms with Crippen molar-refractivity contribution in [3.8, 4) is 0 Å². The molecule has 2 amide bonds. The lowest BCUT2D eigenvalue weighted by Gasteiger charge is -2.08. The van der Waals surface area contributed by atoms with E-state index in [9.17, 15) is 14.4 Å². The lowest BCUT2D eigenvalue weighted by molar-refractivity contribution is -0.140. The minimum absolute atomic E-state index is 0.130. The van der Waals surface area contributed by atoms with E-state index in [2.05, 4.69) is 5.32 Å². The summed E-state index contributed by atoms with van der Waals surface area (Å²) in [7, 11) is 0. The van der Waals surface area contributed by atoms with Crippen LogP contribution in [0.15, 0.2) is 18.2 Å². The molecule has 2 atom stereocenters. The Labute approximate surface area is 126 Å². The summed E-state index contributed by atoms with van der Waals surface area (Å²) in [6, 6.07) is 4.31. The molecule has 0 radical (unpaired) electrons. The Morgan fingerprint density at radius 2 is 1.90 bits per heavy atom. The summed E-state index contributed by atoms with van der Waals surface area (Å²) < 4.78 is 0. The molecule has 1 aromatic carbocycles. The average Bonchev–Trinajstić information content (AvgIpc) is 2.92. The van der Waals surface area contributed by atoms with E-state index in [1.807, 2.05) is 0 Å². The maximum Gasteiger partial charge on any atom is 0.307 e. The van der Waals surface area contributed by atoms with Gasteiger partial charge in [-0.2, -0.15) is 0 Å². The van der Waals surface area contributed by atoms with E-state index in [1.54, 1.807) is 13.8 Å². The molecule has 1 saturated carbocycles. The van der Waals surface area contributed by atoms with Gasteiger partial charge in [0.25, 0.3) is 0 Å². The molecule has 21 heavy (non-hydrogen) atoms. The zero-order valence-electron chi connectivity index (χ0n) is 11.5. The van der Waals surface area contributed by atoms with Crippen molar-refractivity contribution in [1.82, 2.24) is 0 Å². The van der Waals surface area contributed by atoms with E-state index in [0.29, 0.717) is 5.69 Å². The van der Waals surface area contributed by atoms with Gasteiger partial charge in [0.1, 0.15) is 0 Å². The standard InChI is InChI=1S/C14H15ClN2O4/c1-14(2)9(10(14)13(20)21)12(19)17-6-3-4-7(11(16)18)8(15)5-6/h3-5,9-10H,1-2H3,(H2,16,18)(H,17,19)(H,20,21)/t9-,10-/m1/s1. The van der Waals surface area contributed by atoms with Gasteiger partial charge in [-0.3, -0.25) is 14.4 Å². The Balaban J connectivity index is 2.13. The third kappa shape index (κ3) is 2.71. The molecule has 6 nitrogen and oxygen atoms in total. The zero-order chi connectivity index (χ0) is 15.9. The maximum atomic E-state index is 12.1. The average molecular weight is 311 g/mol. The van der Waals surface area contributed by atoms with Crippen molar-refractivity contribution in [1.29, 1.82) is 0 Å². The number of anilines is 1. The van der Waals surface area contributed by atoms with Gasteiger partial charge < -0.3 is 16.2 Å². The number of nitrogens with two attached hydrogens (primary N) is 1. The number of nitrogens with one attached hydrogen (secondary N) is 1.